The maximum atomic E-state index is 10.7. The molecular formula is C14H8ClNO2. The van der Waals surface area contributed by atoms with Crippen LogP contribution in [0.4, 0.5) is 0 Å². The van der Waals surface area contributed by atoms with E-state index in [1.54, 1.807) is 0 Å². The zero-order valence-corrected chi connectivity index (χ0v) is 9.98. The predicted octanol–water partition coefficient (Wildman–Crippen LogP) is 2.83. The first-order valence-electron chi connectivity index (χ1n) is 5.13. The summed E-state index contributed by atoms with van der Waals surface area (Å²) in [5.41, 5.74) is 1.28. The van der Waals surface area contributed by atoms with Gasteiger partial charge in [0.2, 0.25) is 0 Å². The van der Waals surface area contributed by atoms with Crippen molar-refractivity contribution in [1.82, 2.24) is 4.98 Å². The molecule has 0 saturated carbocycles. The van der Waals surface area contributed by atoms with Gasteiger partial charge in [0.25, 0.3) is 0 Å². The molecule has 0 fully saturated rings. The molecule has 88 valence electrons. The molecule has 0 bridgehead atoms. The van der Waals surface area contributed by atoms with E-state index < -0.39 is 5.97 Å². The van der Waals surface area contributed by atoms with Crippen molar-refractivity contribution in [3.8, 4) is 11.8 Å². The number of aromatic carboxylic acids is 1. The number of carboxylic acid groups (broad SMARTS) is 1. The topological polar surface area (TPSA) is 50.2 Å². The first kappa shape index (κ1) is 12.2. The lowest BCUT2D eigenvalue weighted by Crippen LogP contribution is -2.01. The molecule has 0 atom stereocenters. The van der Waals surface area contributed by atoms with Crippen LogP contribution in [0.3, 0.4) is 0 Å². The molecule has 0 spiro atoms. The van der Waals surface area contributed by atoms with Crippen molar-refractivity contribution in [1.29, 1.82) is 0 Å². The van der Waals surface area contributed by atoms with Crippen LogP contribution in [0, 0.1) is 11.8 Å². The monoisotopic (exact) mass is 257 g/mol. The highest BCUT2D eigenvalue weighted by Crippen LogP contribution is 2.14. The Bertz CT molecular complexity index is 642. The Morgan fingerprint density at radius 2 is 1.83 bits per heavy atom. The Hall–Kier alpha value is -2.31. The minimum Gasteiger partial charge on any atom is -0.476 e. The molecule has 2 aromatic rings. The van der Waals surface area contributed by atoms with Crippen LogP contribution in [0.2, 0.25) is 5.02 Å². The van der Waals surface area contributed by atoms with Crippen molar-refractivity contribution in [2.75, 3.05) is 0 Å². The highest BCUT2D eigenvalue weighted by atomic mass is 35.5. The molecule has 0 radical (unpaired) electrons. The second-order valence-corrected chi connectivity index (χ2v) is 3.88. The molecule has 1 aromatic carbocycles. The van der Waals surface area contributed by atoms with Gasteiger partial charge < -0.3 is 5.11 Å². The summed E-state index contributed by atoms with van der Waals surface area (Å²) in [6, 6.07) is 11.0. The summed E-state index contributed by atoms with van der Waals surface area (Å²) in [6.07, 6.45) is 1.39. The van der Waals surface area contributed by atoms with E-state index in [1.165, 1.54) is 12.3 Å². The third kappa shape index (κ3) is 2.88. The van der Waals surface area contributed by atoms with Crippen LogP contribution in [-0.2, 0) is 0 Å². The molecule has 0 aliphatic heterocycles. The number of aromatic nitrogens is 1. The van der Waals surface area contributed by atoms with E-state index in [1.807, 2.05) is 30.3 Å². The van der Waals surface area contributed by atoms with E-state index in [0.717, 1.165) is 5.56 Å². The third-order valence-corrected chi connectivity index (χ3v) is 2.46. The molecule has 1 heterocycles. The van der Waals surface area contributed by atoms with Crippen LogP contribution in [0.25, 0.3) is 0 Å². The average Bonchev–Trinajstić information content (AvgIpc) is 2.37. The number of benzene rings is 1. The molecule has 0 aliphatic carbocycles. The van der Waals surface area contributed by atoms with Crippen LogP contribution in [-0.4, -0.2) is 16.1 Å². The van der Waals surface area contributed by atoms with Crippen LogP contribution in [0.15, 0.2) is 42.6 Å². The highest BCUT2D eigenvalue weighted by molar-refractivity contribution is 6.33. The fourth-order valence-electron chi connectivity index (χ4n) is 1.33. The molecule has 0 aliphatic rings. The lowest BCUT2D eigenvalue weighted by atomic mass is 10.2. The summed E-state index contributed by atoms with van der Waals surface area (Å²) in [5, 5.41) is 8.87. The first-order chi connectivity index (χ1) is 8.66. The summed E-state index contributed by atoms with van der Waals surface area (Å²) in [5.74, 6) is 4.67. The van der Waals surface area contributed by atoms with Gasteiger partial charge in [0.1, 0.15) is 0 Å². The van der Waals surface area contributed by atoms with Crippen LogP contribution in [0.1, 0.15) is 21.6 Å². The van der Waals surface area contributed by atoms with Gasteiger partial charge in [0.15, 0.2) is 5.69 Å². The summed E-state index contributed by atoms with van der Waals surface area (Å²) in [6.45, 7) is 0. The summed E-state index contributed by atoms with van der Waals surface area (Å²) in [4.78, 5) is 14.5. The Morgan fingerprint density at radius 3 is 2.44 bits per heavy atom. The zero-order valence-electron chi connectivity index (χ0n) is 9.22. The van der Waals surface area contributed by atoms with Crippen molar-refractivity contribution < 1.29 is 9.90 Å². The van der Waals surface area contributed by atoms with E-state index in [0.29, 0.717) is 5.56 Å². The van der Waals surface area contributed by atoms with Crippen LogP contribution < -0.4 is 0 Å². The first-order valence-corrected chi connectivity index (χ1v) is 5.50. The van der Waals surface area contributed by atoms with Gasteiger partial charge in [0.05, 0.1) is 5.02 Å². The predicted molar refractivity (Wildman–Crippen MR) is 68.6 cm³/mol. The van der Waals surface area contributed by atoms with Gasteiger partial charge in [-0.3, -0.25) is 0 Å². The average molecular weight is 258 g/mol. The SMILES string of the molecule is O=C(O)c1ncc(C#Cc2ccccc2)cc1Cl. The molecule has 0 saturated heterocycles. The van der Waals surface area contributed by atoms with Crippen molar-refractivity contribution in [2.24, 2.45) is 0 Å². The van der Waals surface area contributed by atoms with Gasteiger partial charge in [-0.15, -0.1) is 0 Å². The maximum absolute atomic E-state index is 10.7. The number of hydrogen-bond acceptors (Lipinski definition) is 2. The highest BCUT2D eigenvalue weighted by Gasteiger charge is 2.09. The fraction of sp³-hybridized carbons (Fsp3) is 0. The molecule has 1 aromatic heterocycles. The summed E-state index contributed by atoms with van der Waals surface area (Å²) in [7, 11) is 0. The molecular weight excluding hydrogens is 250 g/mol. The molecule has 0 amide bonds. The number of nitrogens with zero attached hydrogens (tertiary/aromatic N) is 1. The number of carboxylic acids is 1. The lowest BCUT2D eigenvalue weighted by molar-refractivity contribution is 0.0690. The lowest BCUT2D eigenvalue weighted by Gasteiger charge is -1.97. The third-order valence-electron chi connectivity index (χ3n) is 2.17. The number of pyridine rings is 1. The number of rotatable bonds is 1. The maximum Gasteiger partial charge on any atom is 0.356 e. The van der Waals surface area contributed by atoms with E-state index in [4.69, 9.17) is 16.7 Å². The van der Waals surface area contributed by atoms with Crippen LogP contribution >= 0.6 is 11.6 Å². The Kier molecular flexibility index (Phi) is 3.61. The molecule has 3 nitrogen and oxygen atoms in total. The number of halogens is 1. The standard InChI is InChI=1S/C14H8ClNO2/c15-12-8-11(9-16-13(12)14(17)18)7-6-10-4-2-1-3-5-10/h1-5,8-9H,(H,17,18). The van der Waals surface area contributed by atoms with Gasteiger partial charge in [0, 0.05) is 17.3 Å². The van der Waals surface area contributed by atoms with Crippen LogP contribution in [0.5, 0.6) is 0 Å². The number of hydrogen-bond donors (Lipinski definition) is 1. The van der Waals surface area contributed by atoms with Gasteiger partial charge in [-0.1, -0.05) is 41.6 Å². The van der Waals surface area contributed by atoms with Crippen molar-refractivity contribution in [3.63, 3.8) is 0 Å². The van der Waals surface area contributed by atoms with Gasteiger partial charge >= 0.3 is 5.97 Å². The summed E-state index contributed by atoms with van der Waals surface area (Å²) < 4.78 is 0. The molecule has 2 rings (SSSR count). The number of carbonyl (C=O) groups is 1. The minimum absolute atomic E-state index is 0.0855. The Labute approximate surface area is 109 Å². The largest absolute Gasteiger partial charge is 0.476 e. The molecule has 18 heavy (non-hydrogen) atoms. The van der Waals surface area contributed by atoms with Gasteiger partial charge in [-0.2, -0.15) is 0 Å². The molecule has 1 N–H and O–H groups in total. The Morgan fingerprint density at radius 1 is 1.17 bits per heavy atom. The smallest absolute Gasteiger partial charge is 0.356 e. The van der Waals surface area contributed by atoms with E-state index >= 15 is 0 Å². The molecule has 0 unspecified atom stereocenters. The van der Waals surface area contributed by atoms with E-state index in [2.05, 4.69) is 16.8 Å². The second-order valence-electron chi connectivity index (χ2n) is 3.48. The summed E-state index contributed by atoms with van der Waals surface area (Å²) >= 11 is 5.80. The fourth-order valence-corrected chi connectivity index (χ4v) is 1.58. The van der Waals surface area contributed by atoms with E-state index in [-0.39, 0.29) is 10.7 Å². The second kappa shape index (κ2) is 5.35. The van der Waals surface area contributed by atoms with Crippen molar-refractivity contribution in [3.05, 3.63) is 64.4 Å². The van der Waals surface area contributed by atoms with Crippen molar-refractivity contribution >= 4 is 17.6 Å². The van der Waals surface area contributed by atoms with Gasteiger partial charge in [-0.05, 0) is 18.2 Å². The van der Waals surface area contributed by atoms with E-state index in [9.17, 15) is 4.79 Å². The Balaban J connectivity index is 2.29. The normalized spacial score (nSPS) is 9.39. The van der Waals surface area contributed by atoms with Gasteiger partial charge in [-0.25, -0.2) is 9.78 Å². The minimum atomic E-state index is -1.15. The zero-order chi connectivity index (χ0) is 13.0. The van der Waals surface area contributed by atoms with Crippen molar-refractivity contribution in [2.45, 2.75) is 0 Å². The quantitative estimate of drug-likeness (QED) is 0.799. The molecule has 4 heteroatoms.